The predicted molar refractivity (Wildman–Crippen MR) is 99.6 cm³/mol. The number of rotatable bonds is 6. The van der Waals surface area contributed by atoms with Crippen LogP contribution in [0.3, 0.4) is 0 Å². The van der Waals surface area contributed by atoms with E-state index in [-0.39, 0.29) is 5.25 Å². The molecule has 1 atom stereocenters. The summed E-state index contributed by atoms with van der Waals surface area (Å²) in [5.41, 5.74) is 1.07. The van der Waals surface area contributed by atoms with Crippen molar-refractivity contribution in [3.63, 3.8) is 0 Å². The Kier molecular flexibility index (Phi) is 4.05. The van der Waals surface area contributed by atoms with Crippen molar-refractivity contribution in [2.75, 3.05) is 0 Å². The van der Waals surface area contributed by atoms with Gasteiger partial charge in [0.15, 0.2) is 10.9 Å². The fraction of sp³-hybridized carbons (Fsp3) is 0.263. The summed E-state index contributed by atoms with van der Waals surface area (Å²) in [7, 11) is 0. The molecule has 1 saturated carbocycles. The molecule has 1 fully saturated rings. The molecule has 0 unspecified atom stereocenters. The molecule has 0 aliphatic heterocycles. The summed E-state index contributed by atoms with van der Waals surface area (Å²) in [4.78, 5) is 4.46. The molecule has 0 bridgehead atoms. The van der Waals surface area contributed by atoms with Gasteiger partial charge >= 0.3 is 0 Å². The molecule has 1 aliphatic rings. The Balaban J connectivity index is 1.44. The SMILES string of the molecule is C[C@H](Sc1nnc(C2CC2)n1-c1ccccc1)c1nc(-c2ccco2)no1. The number of hydrogen-bond donors (Lipinski definition) is 0. The standard InChI is InChI=1S/C19H17N5O2S/c1-12(18-20-16(23-26-18)15-8-5-11-25-15)27-19-22-21-17(13-9-10-13)24(19)14-6-3-2-4-7-14/h2-8,11-13H,9-10H2,1H3/t12-/m0/s1. The first-order valence-corrected chi connectivity index (χ1v) is 9.72. The zero-order chi connectivity index (χ0) is 18.2. The number of nitrogens with zero attached hydrogens (tertiary/aromatic N) is 5. The largest absolute Gasteiger partial charge is 0.461 e. The minimum Gasteiger partial charge on any atom is -0.461 e. The molecule has 0 spiro atoms. The first-order chi connectivity index (χ1) is 13.3. The minimum absolute atomic E-state index is 0.0695. The molecule has 1 aliphatic carbocycles. The highest BCUT2D eigenvalue weighted by molar-refractivity contribution is 7.99. The molecule has 1 aromatic carbocycles. The Morgan fingerprint density at radius 3 is 2.70 bits per heavy atom. The van der Waals surface area contributed by atoms with Crippen LogP contribution in [0.1, 0.15) is 42.6 Å². The third kappa shape index (κ3) is 3.16. The van der Waals surface area contributed by atoms with Gasteiger partial charge in [-0.2, -0.15) is 4.98 Å². The Morgan fingerprint density at radius 1 is 1.11 bits per heavy atom. The van der Waals surface area contributed by atoms with E-state index >= 15 is 0 Å². The summed E-state index contributed by atoms with van der Waals surface area (Å²) in [5, 5.41) is 13.7. The number of hydrogen-bond acceptors (Lipinski definition) is 7. The molecule has 0 amide bonds. The molecule has 8 heteroatoms. The fourth-order valence-electron chi connectivity index (χ4n) is 2.90. The molecule has 0 N–H and O–H groups in total. The topological polar surface area (TPSA) is 82.8 Å². The number of aromatic nitrogens is 5. The van der Waals surface area contributed by atoms with Crippen molar-refractivity contribution in [3.8, 4) is 17.3 Å². The van der Waals surface area contributed by atoms with E-state index in [1.807, 2.05) is 25.1 Å². The van der Waals surface area contributed by atoms with Crippen molar-refractivity contribution in [3.05, 3.63) is 60.4 Å². The van der Waals surface area contributed by atoms with Crippen LogP contribution in [0.5, 0.6) is 0 Å². The van der Waals surface area contributed by atoms with Crippen LogP contribution in [-0.2, 0) is 0 Å². The van der Waals surface area contributed by atoms with Crippen LogP contribution in [-0.4, -0.2) is 24.9 Å². The molecule has 0 radical (unpaired) electrons. The summed E-state index contributed by atoms with van der Waals surface area (Å²) in [6.07, 6.45) is 3.92. The second-order valence-corrected chi connectivity index (χ2v) is 7.79. The van der Waals surface area contributed by atoms with E-state index in [0.29, 0.717) is 23.4 Å². The first kappa shape index (κ1) is 16.3. The molecule has 27 heavy (non-hydrogen) atoms. The highest BCUT2D eigenvalue weighted by Crippen LogP contribution is 2.42. The van der Waals surface area contributed by atoms with Crippen molar-refractivity contribution in [2.45, 2.75) is 36.1 Å². The fourth-order valence-corrected chi connectivity index (χ4v) is 3.80. The molecule has 5 rings (SSSR count). The predicted octanol–water partition coefficient (Wildman–Crippen LogP) is 4.64. The van der Waals surface area contributed by atoms with Gasteiger partial charge < -0.3 is 8.94 Å². The maximum atomic E-state index is 5.44. The van der Waals surface area contributed by atoms with E-state index in [9.17, 15) is 0 Å². The molecular weight excluding hydrogens is 362 g/mol. The maximum absolute atomic E-state index is 5.44. The second-order valence-electron chi connectivity index (χ2n) is 6.48. The Bertz CT molecular complexity index is 1040. The lowest BCUT2D eigenvalue weighted by Gasteiger charge is -2.11. The summed E-state index contributed by atoms with van der Waals surface area (Å²) >= 11 is 1.56. The van der Waals surface area contributed by atoms with E-state index in [4.69, 9.17) is 8.94 Å². The lowest BCUT2D eigenvalue weighted by atomic mass is 10.3. The summed E-state index contributed by atoms with van der Waals surface area (Å²) in [6.45, 7) is 2.02. The molecule has 7 nitrogen and oxygen atoms in total. The van der Waals surface area contributed by atoms with Gasteiger partial charge in [0.2, 0.25) is 11.7 Å². The highest BCUT2D eigenvalue weighted by atomic mass is 32.2. The van der Waals surface area contributed by atoms with Crippen LogP contribution in [0.15, 0.2) is 62.8 Å². The Hall–Kier alpha value is -2.87. The van der Waals surface area contributed by atoms with E-state index in [1.54, 1.807) is 30.2 Å². The molecular formula is C19H17N5O2S. The van der Waals surface area contributed by atoms with Gasteiger partial charge in [0.1, 0.15) is 5.82 Å². The Labute approximate surface area is 159 Å². The lowest BCUT2D eigenvalue weighted by Crippen LogP contribution is -2.02. The van der Waals surface area contributed by atoms with Crippen LogP contribution in [0, 0.1) is 0 Å². The van der Waals surface area contributed by atoms with Crippen LogP contribution in [0.2, 0.25) is 0 Å². The van der Waals surface area contributed by atoms with E-state index in [1.165, 1.54) is 12.8 Å². The average Bonchev–Trinajstić information content (AvgIpc) is 3.11. The normalized spacial score (nSPS) is 15.1. The summed E-state index contributed by atoms with van der Waals surface area (Å²) < 4.78 is 12.9. The van der Waals surface area contributed by atoms with Gasteiger partial charge in [0, 0.05) is 11.6 Å². The molecule has 136 valence electrons. The van der Waals surface area contributed by atoms with Gasteiger partial charge in [-0.05, 0) is 44.0 Å². The van der Waals surface area contributed by atoms with Crippen LogP contribution < -0.4 is 0 Å². The smallest absolute Gasteiger partial charge is 0.240 e. The molecule has 3 heterocycles. The zero-order valence-electron chi connectivity index (χ0n) is 14.6. The third-order valence-electron chi connectivity index (χ3n) is 4.43. The summed E-state index contributed by atoms with van der Waals surface area (Å²) in [5.74, 6) is 3.09. The molecule has 3 aromatic heterocycles. The number of para-hydroxylation sites is 1. The van der Waals surface area contributed by atoms with Gasteiger partial charge in [0.25, 0.3) is 0 Å². The van der Waals surface area contributed by atoms with Crippen molar-refractivity contribution < 1.29 is 8.94 Å². The van der Waals surface area contributed by atoms with Gasteiger partial charge in [-0.15, -0.1) is 10.2 Å². The van der Waals surface area contributed by atoms with E-state index in [2.05, 4.69) is 37.0 Å². The number of benzene rings is 1. The van der Waals surface area contributed by atoms with Crippen LogP contribution in [0.4, 0.5) is 0 Å². The van der Waals surface area contributed by atoms with Crippen LogP contribution >= 0.6 is 11.8 Å². The zero-order valence-corrected chi connectivity index (χ0v) is 15.5. The molecule has 4 aromatic rings. The van der Waals surface area contributed by atoms with Gasteiger partial charge in [0.05, 0.1) is 11.5 Å². The average molecular weight is 379 g/mol. The lowest BCUT2D eigenvalue weighted by molar-refractivity contribution is 0.379. The minimum atomic E-state index is -0.0695. The van der Waals surface area contributed by atoms with Crippen LogP contribution in [0.25, 0.3) is 17.3 Å². The third-order valence-corrected chi connectivity index (χ3v) is 5.46. The first-order valence-electron chi connectivity index (χ1n) is 8.84. The van der Waals surface area contributed by atoms with E-state index < -0.39 is 0 Å². The monoisotopic (exact) mass is 379 g/mol. The van der Waals surface area contributed by atoms with Crippen molar-refractivity contribution in [1.82, 2.24) is 24.9 Å². The van der Waals surface area contributed by atoms with Gasteiger partial charge in [-0.1, -0.05) is 35.1 Å². The second kappa shape index (κ2) is 6.70. The van der Waals surface area contributed by atoms with Gasteiger partial charge in [-0.25, -0.2) is 0 Å². The van der Waals surface area contributed by atoms with Gasteiger partial charge in [-0.3, -0.25) is 4.57 Å². The maximum Gasteiger partial charge on any atom is 0.240 e. The van der Waals surface area contributed by atoms with E-state index in [0.717, 1.165) is 16.7 Å². The summed E-state index contributed by atoms with van der Waals surface area (Å²) in [6, 6.07) is 13.8. The number of furan rings is 1. The quantitative estimate of drug-likeness (QED) is 0.451. The van der Waals surface area contributed by atoms with Crippen molar-refractivity contribution in [1.29, 1.82) is 0 Å². The van der Waals surface area contributed by atoms with Crippen molar-refractivity contribution >= 4 is 11.8 Å². The number of thioether (sulfide) groups is 1. The highest BCUT2D eigenvalue weighted by Gasteiger charge is 2.32. The molecule has 0 saturated heterocycles. The van der Waals surface area contributed by atoms with Crippen molar-refractivity contribution in [2.24, 2.45) is 0 Å². The Morgan fingerprint density at radius 2 is 1.96 bits per heavy atom.